The van der Waals surface area contributed by atoms with Crippen molar-refractivity contribution in [2.75, 3.05) is 0 Å². The zero-order valence-electron chi connectivity index (χ0n) is 11.4. The minimum atomic E-state index is -1.28. The van der Waals surface area contributed by atoms with Gasteiger partial charge in [0.15, 0.2) is 0 Å². The Kier molecular flexibility index (Phi) is 4.83. The fourth-order valence-electron chi connectivity index (χ4n) is 1.98. The predicted octanol–water partition coefficient (Wildman–Crippen LogP) is 2.39. The van der Waals surface area contributed by atoms with Crippen LogP contribution in [0.4, 0.5) is 8.78 Å². The molecule has 1 atom stereocenters. The van der Waals surface area contributed by atoms with Crippen molar-refractivity contribution in [2.45, 2.75) is 12.5 Å². The number of nitrogens with one attached hydrogen (secondary N) is 1. The van der Waals surface area contributed by atoms with Gasteiger partial charge >= 0.3 is 5.97 Å². The molecule has 0 aliphatic rings. The first-order valence-corrected chi connectivity index (χ1v) is 6.50. The first-order valence-electron chi connectivity index (χ1n) is 6.50. The van der Waals surface area contributed by atoms with Gasteiger partial charge in [-0.15, -0.1) is 0 Å². The van der Waals surface area contributed by atoms with Gasteiger partial charge < -0.3 is 10.4 Å². The van der Waals surface area contributed by atoms with E-state index >= 15 is 0 Å². The summed E-state index contributed by atoms with van der Waals surface area (Å²) in [5.41, 5.74) is 0.175. The van der Waals surface area contributed by atoms with Crippen molar-refractivity contribution in [3.05, 3.63) is 71.3 Å². The molecule has 114 valence electrons. The largest absolute Gasteiger partial charge is 0.480 e. The van der Waals surface area contributed by atoms with Crippen LogP contribution in [0, 0.1) is 11.6 Å². The van der Waals surface area contributed by atoms with Crippen molar-refractivity contribution >= 4 is 11.9 Å². The first-order chi connectivity index (χ1) is 10.5. The molecule has 1 amide bonds. The zero-order valence-corrected chi connectivity index (χ0v) is 11.4. The van der Waals surface area contributed by atoms with Crippen molar-refractivity contribution in [1.82, 2.24) is 5.32 Å². The van der Waals surface area contributed by atoms with Crippen LogP contribution >= 0.6 is 0 Å². The third kappa shape index (κ3) is 3.88. The molecule has 2 rings (SSSR count). The lowest BCUT2D eigenvalue weighted by Crippen LogP contribution is -2.42. The highest BCUT2D eigenvalue weighted by Crippen LogP contribution is 2.09. The Balaban J connectivity index is 2.14. The highest BCUT2D eigenvalue weighted by Gasteiger charge is 2.22. The highest BCUT2D eigenvalue weighted by atomic mass is 19.1. The number of halogens is 2. The van der Waals surface area contributed by atoms with Gasteiger partial charge in [-0.2, -0.15) is 0 Å². The van der Waals surface area contributed by atoms with Crippen LogP contribution < -0.4 is 5.32 Å². The van der Waals surface area contributed by atoms with Crippen molar-refractivity contribution < 1.29 is 23.5 Å². The summed E-state index contributed by atoms with van der Waals surface area (Å²) in [7, 11) is 0. The van der Waals surface area contributed by atoms with Crippen LogP contribution in [0.25, 0.3) is 0 Å². The second-order valence-corrected chi connectivity index (χ2v) is 4.68. The summed E-state index contributed by atoms with van der Waals surface area (Å²) in [5.74, 6) is -3.35. The Hall–Kier alpha value is -2.76. The van der Waals surface area contributed by atoms with E-state index < -0.39 is 29.6 Å². The number of benzene rings is 2. The fraction of sp³-hybridized carbons (Fsp3) is 0.125. The molecule has 2 aromatic carbocycles. The van der Waals surface area contributed by atoms with Crippen LogP contribution in [0.15, 0.2) is 48.5 Å². The number of carboxylic acids is 1. The predicted molar refractivity (Wildman–Crippen MR) is 75.4 cm³/mol. The SMILES string of the molecule is O=C(N[C@@H](Cc1cccc(F)c1)C(=O)O)c1ccccc1F. The topological polar surface area (TPSA) is 66.4 Å². The first kappa shape index (κ1) is 15.6. The Morgan fingerprint density at radius 1 is 1.09 bits per heavy atom. The van der Waals surface area contributed by atoms with E-state index in [0.717, 1.165) is 6.07 Å². The second-order valence-electron chi connectivity index (χ2n) is 4.68. The molecule has 0 aliphatic heterocycles. The van der Waals surface area contributed by atoms with Crippen molar-refractivity contribution in [2.24, 2.45) is 0 Å². The van der Waals surface area contributed by atoms with Gasteiger partial charge in [-0.3, -0.25) is 4.79 Å². The molecule has 0 fully saturated rings. The van der Waals surface area contributed by atoms with E-state index in [2.05, 4.69) is 5.32 Å². The molecule has 4 nitrogen and oxygen atoms in total. The Bertz CT molecular complexity index is 703. The second kappa shape index (κ2) is 6.80. The molecule has 0 aliphatic carbocycles. The third-order valence-corrected chi connectivity index (χ3v) is 3.05. The van der Waals surface area contributed by atoms with Gasteiger partial charge in [-0.25, -0.2) is 13.6 Å². The average molecular weight is 305 g/mol. The minimum Gasteiger partial charge on any atom is -0.480 e. The highest BCUT2D eigenvalue weighted by molar-refractivity contribution is 5.96. The molecular formula is C16H13F2NO3. The number of hydrogen-bond donors (Lipinski definition) is 2. The maximum Gasteiger partial charge on any atom is 0.326 e. The van der Waals surface area contributed by atoms with Crippen LogP contribution in [0.3, 0.4) is 0 Å². The van der Waals surface area contributed by atoms with Crippen LogP contribution in [0.5, 0.6) is 0 Å². The molecule has 22 heavy (non-hydrogen) atoms. The average Bonchev–Trinajstić information content (AvgIpc) is 2.46. The number of aliphatic carboxylic acids is 1. The molecule has 0 heterocycles. The van der Waals surface area contributed by atoms with Gasteiger partial charge in [0.2, 0.25) is 0 Å². The number of rotatable bonds is 5. The summed E-state index contributed by atoms with van der Waals surface area (Å²) < 4.78 is 26.6. The molecule has 0 saturated carbocycles. The monoisotopic (exact) mass is 305 g/mol. The lowest BCUT2D eigenvalue weighted by molar-refractivity contribution is -0.139. The summed E-state index contributed by atoms with van der Waals surface area (Å²) in [5, 5.41) is 11.4. The lowest BCUT2D eigenvalue weighted by Gasteiger charge is -2.15. The smallest absolute Gasteiger partial charge is 0.326 e. The summed E-state index contributed by atoms with van der Waals surface area (Å²) in [4.78, 5) is 23.2. The molecule has 0 spiro atoms. The van der Waals surface area contributed by atoms with Gasteiger partial charge in [0.1, 0.15) is 17.7 Å². The van der Waals surface area contributed by atoms with E-state index in [-0.39, 0.29) is 12.0 Å². The maximum absolute atomic E-state index is 13.5. The molecule has 0 bridgehead atoms. The molecule has 0 aromatic heterocycles. The lowest BCUT2D eigenvalue weighted by atomic mass is 10.1. The number of carbonyl (C=O) groups is 2. The standard InChI is InChI=1S/C16H13F2NO3/c17-11-5-3-4-10(8-11)9-14(16(21)22)19-15(20)12-6-1-2-7-13(12)18/h1-8,14H,9H2,(H,19,20)(H,21,22)/t14-/m0/s1. The molecule has 2 aromatic rings. The molecule has 6 heteroatoms. The third-order valence-electron chi connectivity index (χ3n) is 3.05. The van der Waals surface area contributed by atoms with Crippen molar-refractivity contribution in [3.63, 3.8) is 0 Å². The van der Waals surface area contributed by atoms with Gasteiger partial charge in [-0.1, -0.05) is 24.3 Å². The van der Waals surface area contributed by atoms with Crippen molar-refractivity contribution in [1.29, 1.82) is 0 Å². The van der Waals surface area contributed by atoms with Gasteiger partial charge in [0.05, 0.1) is 5.56 Å². The van der Waals surface area contributed by atoms with Crippen LogP contribution in [0.1, 0.15) is 15.9 Å². The van der Waals surface area contributed by atoms with E-state index in [1.54, 1.807) is 6.07 Å². The molecular weight excluding hydrogens is 292 g/mol. The quantitative estimate of drug-likeness (QED) is 0.891. The van der Waals surface area contributed by atoms with E-state index in [1.807, 2.05) is 0 Å². The van der Waals surface area contributed by atoms with E-state index in [4.69, 9.17) is 5.11 Å². The maximum atomic E-state index is 13.5. The summed E-state index contributed by atoms with van der Waals surface area (Å²) in [6.07, 6.45) is -0.104. The molecule has 0 radical (unpaired) electrons. The zero-order chi connectivity index (χ0) is 16.1. The molecule has 0 unspecified atom stereocenters. The minimum absolute atomic E-state index is 0.104. The van der Waals surface area contributed by atoms with Crippen LogP contribution in [-0.2, 0) is 11.2 Å². The summed E-state index contributed by atoms with van der Waals surface area (Å²) >= 11 is 0. The number of carboxylic acid groups (broad SMARTS) is 1. The van der Waals surface area contributed by atoms with Gasteiger partial charge in [0, 0.05) is 6.42 Å². The normalized spacial score (nSPS) is 11.7. The number of hydrogen-bond acceptors (Lipinski definition) is 2. The van der Waals surface area contributed by atoms with E-state index in [1.165, 1.54) is 36.4 Å². The Labute approximate surface area is 125 Å². The summed E-state index contributed by atoms with van der Waals surface area (Å²) in [6, 6.07) is 9.39. The van der Waals surface area contributed by atoms with Crippen molar-refractivity contribution in [3.8, 4) is 0 Å². The fourth-order valence-corrected chi connectivity index (χ4v) is 1.98. The number of amides is 1. The van der Waals surface area contributed by atoms with Gasteiger partial charge in [-0.05, 0) is 29.8 Å². The molecule has 2 N–H and O–H groups in total. The number of carbonyl (C=O) groups excluding carboxylic acids is 1. The summed E-state index contributed by atoms with van der Waals surface area (Å²) in [6.45, 7) is 0. The molecule has 0 saturated heterocycles. The van der Waals surface area contributed by atoms with E-state index in [0.29, 0.717) is 5.56 Å². The van der Waals surface area contributed by atoms with Gasteiger partial charge in [0.25, 0.3) is 5.91 Å². The van der Waals surface area contributed by atoms with Crippen LogP contribution in [-0.4, -0.2) is 23.0 Å². The van der Waals surface area contributed by atoms with Crippen LogP contribution in [0.2, 0.25) is 0 Å². The Morgan fingerprint density at radius 3 is 2.45 bits per heavy atom. The Morgan fingerprint density at radius 2 is 1.82 bits per heavy atom. The van der Waals surface area contributed by atoms with E-state index in [9.17, 15) is 18.4 Å².